The van der Waals surface area contributed by atoms with Gasteiger partial charge in [-0.1, -0.05) is 11.2 Å². The molecule has 2 heterocycles. The van der Waals surface area contributed by atoms with Crippen molar-refractivity contribution in [2.75, 3.05) is 11.9 Å². The van der Waals surface area contributed by atoms with Gasteiger partial charge in [-0.3, -0.25) is 10.1 Å². The predicted octanol–water partition coefficient (Wildman–Crippen LogP) is 2.08. The highest BCUT2D eigenvalue weighted by Crippen LogP contribution is 2.27. The van der Waals surface area contributed by atoms with Gasteiger partial charge in [0.15, 0.2) is 16.9 Å². The Bertz CT molecular complexity index is 794. The Kier molecular flexibility index (Phi) is 3.22. The maximum absolute atomic E-state index is 10.9. The molecule has 1 N–H and O–H groups in total. The van der Waals surface area contributed by atoms with E-state index in [1.54, 1.807) is 19.1 Å². The Morgan fingerprint density at radius 2 is 2.24 bits per heavy atom. The third-order valence-electron chi connectivity index (χ3n) is 2.78. The number of nitro benzene ring substituents is 1. The van der Waals surface area contributed by atoms with Crippen molar-refractivity contribution in [1.29, 1.82) is 0 Å². The summed E-state index contributed by atoms with van der Waals surface area (Å²) in [4.78, 5) is 18.6. The maximum Gasteiger partial charge on any atom is 0.298 e. The topological polar surface area (TPSA) is 120 Å². The van der Waals surface area contributed by atoms with Crippen LogP contribution in [-0.2, 0) is 6.42 Å². The van der Waals surface area contributed by atoms with Crippen molar-refractivity contribution in [3.05, 3.63) is 40.0 Å². The van der Waals surface area contributed by atoms with E-state index < -0.39 is 4.92 Å². The number of non-ortho nitro benzene ring substituents is 1. The van der Waals surface area contributed by atoms with Crippen LogP contribution in [0.25, 0.3) is 11.1 Å². The third-order valence-corrected chi connectivity index (χ3v) is 2.78. The second-order valence-electron chi connectivity index (χ2n) is 4.31. The van der Waals surface area contributed by atoms with E-state index in [-0.39, 0.29) is 17.2 Å². The van der Waals surface area contributed by atoms with Crippen LogP contribution >= 0.6 is 0 Å². The third kappa shape index (κ3) is 2.66. The summed E-state index contributed by atoms with van der Waals surface area (Å²) < 4.78 is 10.4. The Labute approximate surface area is 118 Å². The summed E-state index contributed by atoms with van der Waals surface area (Å²) in [5.41, 5.74) is 0.496. The number of aromatic nitrogens is 3. The van der Waals surface area contributed by atoms with Gasteiger partial charge in [0.05, 0.1) is 4.92 Å². The standard InChI is InChI=1S/C12H11N5O4/c1-7-14-10(21-16-7)5-6-13-12-15-11-8(17(18)19)3-2-4-9(11)20-12/h2-4H,5-6H2,1H3,(H,13,15). The minimum Gasteiger partial charge on any atom is -0.423 e. The number of anilines is 1. The van der Waals surface area contributed by atoms with Crippen LogP contribution in [-0.4, -0.2) is 26.6 Å². The van der Waals surface area contributed by atoms with E-state index in [2.05, 4.69) is 20.4 Å². The number of nitrogens with zero attached hydrogens (tertiary/aromatic N) is 4. The summed E-state index contributed by atoms with van der Waals surface area (Å²) in [6, 6.07) is 4.78. The molecule has 0 aliphatic heterocycles. The molecule has 0 saturated carbocycles. The van der Waals surface area contributed by atoms with Gasteiger partial charge in [-0.25, -0.2) is 0 Å². The van der Waals surface area contributed by atoms with Gasteiger partial charge in [0, 0.05) is 19.0 Å². The Morgan fingerprint density at radius 1 is 1.38 bits per heavy atom. The summed E-state index contributed by atoms with van der Waals surface area (Å²) in [7, 11) is 0. The SMILES string of the molecule is Cc1noc(CCNc2nc3c([N+](=O)[O-])cccc3o2)n1. The van der Waals surface area contributed by atoms with Crippen LogP contribution in [0.5, 0.6) is 0 Å². The number of oxazole rings is 1. The minimum absolute atomic E-state index is 0.0863. The summed E-state index contributed by atoms with van der Waals surface area (Å²) in [5, 5.41) is 17.5. The van der Waals surface area contributed by atoms with Gasteiger partial charge in [-0.05, 0) is 13.0 Å². The van der Waals surface area contributed by atoms with Gasteiger partial charge < -0.3 is 14.3 Å². The molecule has 9 heteroatoms. The first kappa shape index (κ1) is 13.0. The normalized spacial score (nSPS) is 10.9. The number of rotatable bonds is 5. The number of hydrogen-bond donors (Lipinski definition) is 1. The summed E-state index contributed by atoms with van der Waals surface area (Å²) >= 11 is 0. The van der Waals surface area contributed by atoms with Crippen molar-refractivity contribution < 1.29 is 13.9 Å². The molecule has 0 aliphatic carbocycles. The van der Waals surface area contributed by atoms with E-state index in [4.69, 9.17) is 8.94 Å². The van der Waals surface area contributed by atoms with Crippen LogP contribution in [0, 0.1) is 17.0 Å². The second-order valence-corrected chi connectivity index (χ2v) is 4.31. The van der Waals surface area contributed by atoms with E-state index in [1.165, 1.54) is 6.07 Å². The van der Waals surface area contributed by atoms with Gasteiger partial charge in [0.2, 0.25) is 5.89 Å². The molecule has 3 rings (SSSR count). The van der Waals surface area contributed by atoms with Crippen LogP contribution in [0.3, 0.4) is 0 Å². The minimum atomic E-state index is -0.490. The largest absolute Gasteiger partial charge is 0.423 e. The molecule has 9 nitrogen and oxygen atoms in total. The molecule has 0 aliphatic rings. The zero-order valence-electron chi connectivity index (χ0n) is 11.1. The lowest BCUT2D eigenvalue weighted by atomic mass is 10.3. The summed E-state index contributed by atoms with van der Waals surface area (Å²) in [5.74, 6) is 1.07. The molecular weight excluding hydrogens is 278 g/mol. The van der Waals surface area contributed by atoms with Crippen LogP contribution in [0.15, 0.2) is 27.1 Å². The van der Waals surface area contributed by atoms with E-state index in [1.807, 2.05) is 0 Å². The predicted molar refractivity (Wildman–Crippen MR) is 71.9 cm³/mol. The van der Waals surface area contributed by atoms with E-state index >= 15 is 0 Å². The quantitative estimate of drug-likeness (QED) is 0.559. The van der Waals surface area contributed by atoms with Crippen molar-refractivity contribution in [2.24, 2.45) is 0 Å². The number of nitro groups is 1. The van der Waals surface area contributed by atoms with Crippen molar-refractivity contribution in [3.63, 3.8) is 0 Å². The fourth-order valence-electron chi connectivity index (χ4n) is 1.87. The first-order chi connectivity index (χ1) is 10.1. The van der Waals surface area contributed by atoms with Crippen LogP contribution in [0.1, 0.15) is 11.7 Å². The molecule has 21 heavy (non-hydrogen) atoms. The van der Waals surface area contributed by atoms with E-state index in [0.717, 1.165) is 0 Å². The molecule has 0 spiro atoms. The highest BCUT2D eigenvalue weighted by atomic mass is 16.6. The zero-order valence-corrected chi connectivity index (χ0v) is 11.1. The number of benzene rings is 1. The molecule has 0 unspecified atom stereocenters. The number of nitrogens with one attached hydrogen (secondary N) is 1. The first-order valence-electron chi connectivity index (χ1n) is 6.20. The van der Waals surface area contributed by atoms with Crippen LogP contribution in [0.2, 0.25) is 0 Å². The van der Waals surface area contributed by atoms with Crippen LogP contribution < -0.4 is 5.32 Å². The molecule has 0 amide bonds. The highest BCUT2D eigenvalue weighted by molar-refractivity contribution is 5.83. The monoisotopic (exact) mass is 289 g/mol. The Balaban J connectivity index is 1.73. The molecular formula is C12H11N5O4. The molecule has 1 aromatic carbocycles. The first-order valence-corrected chi connectivity index (χ1v) is 6.20. The van der Waals surface area contributed by atoms with Gasteiger partial charge in [-0.2, -0.15) is 9.97 Å². The van der Waals surface area contributed by atoms with E-state index in [9.17, 15) is 10.1 Å². The van der Waals surface area contributed by atoms with Crippen molar-refractivity contribution in [2.45, 2.75) is 13.3 Å². The average Bonchev–Trinajstić information content (AvgIpc) is 3.04. The smallest absolute Gasteiger partial charge is 0.298 e. The lowest BCUT2D eigenvalue weighted by Crippen LogP contribution is -2.05. The van der Waals surface area contributed by atoms with Crippen molar-refractivity contribution in [1.82, 2.24) is 15.1 Å². The highest BCUT2D eigenvalue weighted by Gasteiger charge is 2.17. The van der Waals surface area contributed by atoms with Crippen LogP contribution in [0.4, 0.5) is 11.7 Å². The Hall–Kier alpha value is -2.97. The Morgan fingerprint density at radius 3 is 2.95 bits per heavy atom. The zero-order chi connectivity index (χ0) is 14.8. The molecule has 0 saturated heterocycles. The fraction of sp³-hybridized carbons (Fsp3) is 0.250. The van der Waals surface area contributed by atoms with Crippen molar-refractivity contribution in [3.8, 4) is 0 Å². The maximum atomic E-state index is 10.9. The summed E-state index contributed by atoms with van der Waals surface area (Å²) in [6.45, 7) is 2.20. The lowest BCUT2D eigenvalue weighted by molar-refractivity contribution is -0.383. The number of para-hydroxylation sites is 1. The molecule has 0 atom stereocenters. The molecule has 2 aromatic heterocycles. The lowest BCUT2D eigenvalue weighted by Gasteiger charge is -1.96. The molecule has 108 valence electrons. The van der Waals surface area contributed by atoms with Gasteiger partial charge in [0.25, 0.3) is 11.7 Å². The van der Waals surface area contributed by atoms with Crippen molar-refractivity contribution >= 4 is 22.8 Å². The number of hydrogen-bond acceptors (Lipinski definition) is 8. The second kappa shape index (κ2) is 5.19. The van der Waals surface area contributed by atoms with Gasteiger partial charge in [-0.15, -0.1) is 0 Å². The number of aryl methyl sites for hydroxylation is 1. The molecule has 0 bridgehead atoms. The molecule has 0 radical (unpaired) electrons. The molecule has 3 aromatic rings. The average molecular weight is 289 g/mol. The van der Waals surface area contributed by atoms with Gasteiger partial charge >= 0.3 is 0 Å². The van der Waals surface area contributed by atoms with E-state index in [0.29, 0.717) is 30.3 Å². The fourth-order valence-corrected chi connectivity index (χ4v) is 1.87. The van der Waals surface area contributed by atoms with Gasteiger partial charge in [0.1, 0.15) is 0 Å². The summed E-state index contributed by atoms with van der Waals surface area (Å²) in [6.07, 6.45) is 0.502. The number of fused-ring (bicyclic) bond motifs is 1. The molecule has 0 fully saturated rings.